The van der Waals surface area contributed by atoms with Crippen LogP contribution in [0.1, 0.15) is 18.4 Å². The van der Waals surface area contributed by atoms with Crippen LogP contribution in [0.15, 0.2) is 30.3 Å². The van der Waals surface area contributed by atoms with Gasteiger partial charge in [0, 0.05) is 0 Å². The van der Waals surface area contributed by atoms with Crippen molar-refractivity contribution in [2.24, 2.45) is 0 Å². The monoisotopic (exact) mass is 192 g/mol. The highest BCUT2D eigenvalue weighted by atomic mass is 31.1. The molecule has 0 nitrogen and oxygen atoms in total. The summed E-state index contributed by atoms with van der Waals surface area (Å²) in [6, 6.07) is 10.9. The predicted molar refractivity (Wildman–Crippen MR) is 60.9 cm³/mol. The average molecular weight is 192 g/mol. The van der Waals surface area contributed by atoms with E-state index < -0.39 is 0 Å². The first-order valence-corrected chi connectivity index (χ1v) is 7.15. The third-order valence-corrected chi connectivity index (χ3v) is 5.69. The van der Waals surface area contributed by atoms with E-state index in [0.29, 0.717) is 7.92 Å². The minimum atomic E-state index is 0.348. The minimum absolute atomic E-state index is 0.348. The molecule has 0 saturated carbocycles. The van der Waals surface area contributed by atoms with Gasteiger partial charge in [-0.1, -0.05) is 30.3 Å². The molecule has 0 radical (unpaired) electrons. The number of hydrogen-bond donors (Lipinski definition) is 0. The molecule has 0 aromatic heterocycles. The fourth-order valence-corrected chi connectivity index (χ4v) is 4.32. The zero-order valence-corrected chi connectivity index (χ0v) is 9.13. The fourth-order valence-electron chi connectivity index (χ4n) is 2.12. The van der Waals surface area contributed by atoms with Gasteiger partial charge in [0.25, 0.3) is 0 Å². The van der Waals surface area contributed by atoms with Gasteiger partial charge in [-0.2, -0.15) is 0 Å². The third kappa shape index (κ3) is 2.31. The van der Waals surface area contributed by atoms with Gasteiger partial charge in [0.05, 0.1) is 0 Å². The highest BCUT2D eigenvalue weighted by molar-refractivity contribution is 7.57. The van der Waals surface area contributed by atoms with E-state index in [1.54, 1.807) is 0 Å². The zero-order chi connectivity index (χ0) is 9.10. The molecular weight excluding hydrogens is 175 g/mol. The summed E-state index contributed by atoms with van der Waals surface area (Å²) in [5.41, 5.74) is 2.54. The summed E-state index contributed by atoms with van der Waals surface area (Å²) in [6.07, 6.45) is 5.77. The standard InChI is InChI=1S/C12H17P/c1-13-9-5-8-12(13)10-11-6-3-2-4-7-11/h2-4,6-7,12H,5,8-10H2,1H3/t12-,13?/m1/s1. The summed E-state index contributed by atoms with van der Waals surface area (Å²) in [7, 11) is 0.348. The summed E-state index contributed by atoms with van der Waals surface area (Å²) in [6.45, 7) is 2.47. The lowest BCUT2D eigenvalue weighted by Gasteiger charge is -2.15. The normalized spacial score (nSPS) is 27.8. The lowest BCUT2D eigenvalue weighted by molar-refractivity contribution is 0.774. The summed E-state index contributed by atoms with van der Waals surface area (Å²) in [5, 5.41) is 0. The first kappa shape index (κ1) is 9.21. The largest absolute Gasteiger partial charge is 0.106 e. The maximum Gasteiger partial charge on any atom is -0.0171 e. The smallest absolute Gasteiger partial charge is 0.0171 e. The van der Waals surface area contributed by atoms with E-state index in [4.69, 9.17) is 0 Å². The SMILES string of the molecule is CP1CCC[C@@H]1Cc1ccccc1. The molecule has 0 aliphatic carbocycles. The van der Waals surface area contributed by atoms with E-state index in [1.807, 2.05) is 0 Å². The molecule has 13 heavy (non-hydrogen) atoms. The zero-order valence-electron chi connectivity index (χ0n) is 8.24. The minimum Gasteiger partial charge on any atom is -0.106 e. The van der Waals surface area contributed by atoms with Gasteiger partial charge in [0.15, 0.2) is 0 Å². The molecular formula is C12H17P. The van der Waals surface area contributed by atoms with Crippen molar-refractivity contribution in [2.45, 2.75) is 24.9 Å². The molecule has 1 aromatic rings. The van der Waals surface area contributed by atoms with Crippen LogP contribution in [-0.4, -0.2) is 18.5 Å². The average Bonchev–Trinajstić information content (AvgIpc) is 2.54. The second-order valence-corrected chi connectivity index (χ2v) is 6.66. The number of rotatable bonds is 2. The van der Waals surface area contributed by atoms with Crippen LogP contribution in [0.25, 0.3) is 0 Å². The van der Waals surface area contributed by atoms with E-state index in [0.717, 1.165) is 5.66 Å². The van der Waals surface area contributed by atoms with Gasteiger partial charge in [-0.05, 0) is 43.3 Å². The Bertz CT molecular complexity index is 255. The van der Waals surface area contributed by atoms with Crippen LogP contribution in [0.5, 0.6) is 0 Å². The van der Waals surface area contributed by atoms with Gasteiger partial charge in [0.2, 0.25) is 0 Å². The maximum atomic E-state index is 2.47. The Balaban J connectivity index is 1.98. The van der Waals surface area contributed by atoms with Crippen molar-refractivity contribution in [1.82, 2.24) is 0 Å². The Morgan fingerprint density at radius 1 is 1.31 bits per heavy atom. The molecule has 1 heterocycles. The van der Waals surface area contributed by atoms with Crippen molar-refractivity contribution >= 4 is 7.92 Å². The summed E-state index contributed by atoms with van der Waals surface area (Å²) in [4.78, 5) is 0. The Morgan fingerprint density at radius 2 is 2.08 bits per heavy atom. The van der Waals surface area contributed by atoms with Crippen LogP contribution >= 0.6 is 7.92 Å². The van der Waals surface area contributed by atoms with Crippen molar-refractivity contribution in [2.75, 3.05) is 12.8 Å². The van der Waals surface area contributed by atoms with Crippen LogP contribution in [0.4, 0.5) is 0 Å². The van der Waals surface area contributed by atoms with Gasteiger partial charge in [-0.15, -0.1) is 7.92 Å². The van der Waals surface area contributed by atoms with E-state index in [2.05, 4.69) is 37.0 Å². The van der Waals surface area contributed by atoms with Crippen molar-refractivity contribution in [3.05, 3.63) is 35.9 Å². The molecule has 1 saturated heterocycles. The number of benzene rings is 1. The quantitative estimate of drug-likeness (QED) is 0.629. The summed E-state index contributed by atoms with van der Waals surface area (Å²) < 4.78 is 0. The Morgan fingerprint density at radius 3 is 2.69 bits per heavy atom. The Labute approximate surface area is 82.1 Å². The molecule has 1 aromatic carbocycles. The van der Waals surface area contributed by atoms with Crippen molar-refractivity contribution in [1.29, 1.82) is 0 Å². The van der Waals surface area contributed by atoms with E-state index >= 15 is 0 Å². The predicted octanol–water partition coefficient (Wildman–Crippen LogP) is 3.50. The molecule has 1 aliphatic heterocycles. The van der Waals surface area contributed by atoms with Crippen LogP contribution < -0.4 is 0 Å². The van der Waals surface area contributed by atoms with Crippen molar-refractivity contribution in [3.8, 4) is 0 Å². The maximum absolute atomic E-state index is 2.47. The molecule has 0 spiro atoms. The highest BCUT2D eigenvalue weighted by Gasteiger charge is 2.22. The lowest BCUT2D eigenvalue weighted by atomic mass is 10.1. The first-order valence-electron chi connectivity index (χ1n) is 5.10. The molecule has 0 N–H and O–H groups in total. The van der Waals surface area contributed by atoms with Gasteiger partial charge in [0.1, 0.15) is 0 Å². The van der Waals surface area contributed by atoms with Gasteiger partial charge < -0.3 is 0 Å². The van der Waals surface area contributed by atoms with Crippen molar-refractivity contribution < 1.29 is 0 Å². The highest BCUT2D eigenvalue weighted by Crippen LogP contribution is 2.47. The lowest BCUT2D eigenvalue weighted by Crippen LogP contribution is -2.03. The van der Waals surface area contributed by atoms with Crippen molar-refractivity contribution in [3.63, 3.8) is 0 Å². The fraction of sp³-hybridized carbons (Fsp3) is 0.500. The van der Waals surface area contributed by atoms with Gasteiger partial charge in [-0.25, -0.2) is 0 Å². The molecule has 1 aliphatic rings. The topological polar surface area (TPSA) is 0 Å². The molecule has 2 rings (SSSR count). The first-order chi connectivity index (χ1) is 6.36. The molecule has 0 bridgehead atoms. The summed E-state index contributed by atoms with van der Waals surface area (Å²) in [5.74, 6) is 0. The number of hydrogen-bond acceptors (Lipinski definition) is 0. The van der Waals surface area contributed by atoms with Crippen LogP contribution in [0.2, 0.25) is 0 Å². The molecule has 1 unspecified atom stereocenters. The van der Waals surface area contributed by atoms with Crippen LogP contribution in [0.3, 0.4) is 0 Å². The van der Waals surface area contributed by atoms with E-state index in [-0.39, 0.29) is 0 Å². The Hall–Kier alpha value is -0.350. The second-order valence-electron chi connectivity index (χ2n) is 3.97. The second kappa shape index (κ2) is 4.24. The Kier molecular flexibility index (Phi) is 3.01. The van der Waals surface area contributed by atoms with Crippen LogP contribution in [0, 0.1) is 0 Å². The van der Waals surface area contributed by atoms with Gasteiger partial charge in [-0.3, -0.25) is 0 Å². The molecule has 2 atom stereocenters. The molecule has 1 heteroatoms. The summed E-state index contributed by atoms with van der Waals surface area (Å²) >= 11 is 0. The molecule has 70 valence electrons. The van der Waals surface area contributed by atoms with Crippen LogP contribution in [-0.2, 0) is 6.42 Å². The third-order valence-electron chi connectivity index (χ3n) is 2.99. The van der Waals surface area contributed by atoms with E-state index in [9.17, 15) is 0 Å². The molecule has 0 amide bonds. The molecule has 1 fully saturated rings. The van der Waals surface area contributed by atoms with Gasteiger partial charge >= 0.3 is 0 Å². The van der Waals surface area contributed by atoms with E-state index in [1.165, 1.54) is 31.0 Å².